The number of para-hydroxylation sites is 2. The Morgan fingerprint density at radius 3 is 1.69 bits per heavy atom. The fraction of sp³-hybridized carbons (Fsp3) is 0.0857. The molecule has 0 spiro atoms. The molecule has 0 amide bonds. The molecule has 7 aromatic rings. The minimum Gasteiger partial charge on any atom is -0.448 e. The van der Waals surface area contributed by atoms with Crippen molar-refractivity contribution in [3.8, 4) is 23.0 Å². The van der Waals surface area contributed by atoms with Gasteiger partial charge in [0.25, 0.3) is 11.1 Å². The number of anilines is 2. The number of benzene rings is 3. The van der Waals surface area contributed by atoms with E-state index in [0.717, 1.165) is 12.0 Å². The van der Waals surface area contributed by atoms with Crippen LogP contribution in [0.2, 0.25) is 20.1 Å². The minimum atomic E-state index is -0.417. The molecule has 0 bridgehead atoms. The lowest BCUT2D eigenvalue weighted by molar-refractivity contribution is -0.160. The summed E-state index contributed by atoms with van der Waals surface area (Å²) in [5, 5.41) is 5.62. The maximum absolute atomic E-state index is 13.0. The van der Waals surface area contributed by atoms with E-state index >= 15 is 0 Å². The molecular formula is C35H24Cl4FN7O6S. The summed E-state index contributed by atoms with van der Waals surface area (Å²) in [6, 6.07) is 18.7. The maximum Gasteiger partial charge on any atom is 0.294 e. The van der Waals surface area contributed by atoms with Crippen LogP contribution in [0.1, 0.15) is 0 Å². The molecular weight excluding hydrogens is 807 g/mol. The average Bonchev–Trinajstić information content (AvgIpc) is 3.16. The third-order valence-electron chi connectivity index (χ3n) is 7.35. The Labute approximate surface area is 329 Å². The van der Waals surface area contributed by atoms with E-state index in [0.29, 0.717) is 43.0 Å². The fourth-order valence-electron chi connectivity index (χ4n) is 4.77. The topological polar surface area (TPSA) is 145 Å². The zero-order chi connectivity index (χ0) is 38.5. The van der Waals surface area contributed by atoms with Crippen LogP contribution in [-0.2, 0) is 23.3 Å². The van der Waals surface area contributed by atoms with E-state index < -0.39 is 11.1 Å². The molecule has 0 unspecified atom stereocenters. The Bertz CT molecular complexity index is 2590. The average molecular weight is 831 g/mol. The van der Waals surface area contributed by atoms with Gasteiger partial charge in [0.1, 0.15) is 29.2 Å². The predicted molar refractivity (Wildman–Crippen MR) is 206 cm³/mol. The number of aryl methyl sites for hydroxylation is 2. The quantitative estimate of drug-likeness (QED) is 0.0641. The summed E-state index contributed by atoms with van der Waals surface area (Å²) in [4.78, 5) is 46.8. The van der Waals surface area contributed by atoms with Crippen LogP contribution < -0.4 is 25.9 Å². The number of fused-ring (bicyclic) bond motifs is 2. The van der Waals surface area contributed by atoms with Crippen molar-refractivity contribution >= 4 is 92.1 Å². The molecule has 4 aromatic heterocycles. The molecule has 276 valence electrons. The molecule has 0 saturated heterocycles. The first-order valence-electron chi connectivity index (χ1n) is 15.3. The highest BCUT2D eigenvalue weighted by atomic mass is 35.5. The van der Waals surface area contributed by atoms with Gasteiger partial charge in [-0.15, -0.1) is 0 Å². The molecule has 0 atom stereocenters. The number of nitrogens with one attached hydrogen (secondary N) is 1. The molecule has 0 aliphatic rings. The zero-order valence-corrected chi connectivity index (χ0v) is 31.9. The van der Waals surface area contributed by atoms with E-state index in [2.05, 4.69) is 30.1 Å². The molecule has 0 aliphatic heterocycles. The maximum atomic E-state index is 13.0. The Morgan fingerprint density at radius 2 is 1.19 bits per heavy atom. The number of hydrogen-bond acceptors (Lipinski definition) is 12. The lowest BCUT2D eigenvalue weighted by Gasteiger charge is -2.12. The summed E-state index contributed by atoms with van der Waals surface area (Å²) in [7, 11) is 4.51. The second-order valence-corrected chi connectivity index (χ2v) is 13.2. The van der Waals surface area contributed by atoms with Gasteiger partial charge < -0.3 is 14.8 Å². The minimum absolute atomic E-state index is 0.0397. The van der Waals surface area contributed by atoms with Crippen molar-refractivity contribution in [2.24, 2.45) is 14.1 Å². The van der Waals surface area contributed by atoms with Gasteiger partial charge in [0.05, 0.1) is 27.2 Å². The normalized spacial score (nSPS) is 11.0. The van der Waals surface area contributed by atoms with E-state index in [1.807, 2.05) is 0 Å². The third-order valence-corrected chi connectivity index (χ3v) is 9.09. The van der Waals surface area contributed by atoms with Crippen molar-refractivity contribution in [3.05, 3.63) is 132 Å². The van der Waals surface area contributed by atoms with Crippen LogP contribution in [0.25, 0.3) is 22.1 Å². The van der Waals surface area contributed by atoms with Crippen LogP contribution in [0.4, 0.5) is 16.0 Å². The summed E-state index contributed by atoms with van der Waals surface area (Å²) >= 11 is 25.3. The molecule has 7 rings (SSSR count). The summed E-state index contributed by atoms with van der Waals surface area (Å²) in [5.41, 5.74) is 0.613. The zero-order valence-electron chi connectivity index (χ0n) is 28.0. The van der Waals surface area contributed by atoms with Crippen molar-refractivity contribution in [1.29, 1.82) is 0 Å². The van der Waals surface area contributed by atoms with Crippen LogP contribution in [0, 0.1) is 5.82 Å². The number of aromatic nitrogens is 6. The molecule has 13 nitrogen and oxygen atoms in total. The first kappa shape index (κ1) is 38.7. The van der Waals surface area contributed by atoms with E-state index in [1.165, 1.54) is 40.5 Å². The highest BCUT2D eigenvalue weighted by Crippen LogP contribution is 2.37. The molecule has 0 aliphatic carbocycles. The van der Waals surface area contributed by atoms with Gasteiger partial charge in [0.2, 0.25) is 11.1 Å². The number of ether oxygens (including phenoxy) is 2. The number of halogens is 5. The highest BCUT2D eigenvalue weighted by Gasteiger charge is 2.17. The molecule has 1 N–H and O–H groups in total. The second kappa shape index (κ2) is 17.0. The van der Waals surface area contributed by atoms with Crippen LogP contribution in [0.5, 0.6) is 23.0 Å². The van der Waals surface area contributed by atoms with E-state index in [-0.39, 0.29) is 44.8 Å². The lowest BCUT2D eigenvalue weighted by Crippen LogP contribution is -2.19. The highest BCUT2D eigenvalue weighted by molar-refractivity contribution is 7.94. The lowest BCUT2D eigenvalue weighted by atomic mass is 10.3. The van der Waals surface area contributed by atoms with E-state index in [1.54, 1.807) is 75.0 Å². The van der Waals surface area contributed by atoms with Crippen molar-refractivity contribution < 1.29 is 23.1 Å². The molecule has 54 heavy (non-hydrogen) atoms. The van der Waals surface area contributed by atoms with Gasteiger partial charge in [-0.25, -0.2) is 24.2 Å². The summed E-state index contributed by atoms with van der Waals surface area (Å²) in [6.45, 7) is 0. The largest absolute Gasteiger partial charge is 0.448 e. The van der Waals surface area contributed by atoms with Crippen LogP contribution in [0.15, 0.2) is 99.9 Å². The third kappa shape index (κ3) is 8.69. The number of rotatable bonds is 9. The van der Waals surface area contributed by atoms with E-state index in [4.69, 9.17) is 60.2 Å². The van der Waals surface area contributed by atoms with Crippen molar-refractivity contribution in [1.82, 2.24) is 29.1 Å². The molecule has 0 radical (unpaired) electrons. The van der Waals surface area contributed by atoms with Crippen molar-refractivity contribution in [2.75, 3.05) is 12.4 Å². The molecule has 3 aromatic carbocycles. The Hall–Kier alpha value is -5.00. The van der Waals surface area contributed by atoms with Gasteiger partial charge in [0, 0.05) is 42.9 Å². The Kier molecular flexibility index (Phi) is 12.2. The molecule has 19 heteroatoms. The van der Waals surface area contributed by atoms with Gasteiger partial charge in [-0.05, 0) is 60.7 Å². The second-order valence-electron chi connectivity index (χ2n) is 10.9. The number of hydrogen-bond donors (Lipinski definition) is 1. The van der Waals surface area contributed by atoms with Gasteiger partial charge in [-0.1, -0.05) is 58.5 Å². The summed E-state index contributed by atoms with van der Waals surface area (Å²) in [5.74, 6) is 0.428. The van der Waals surface area contributed by atoms with Crippen molar-refractivity contribution in [2.45, 2.75) is 5.16 Å². The van der Waals surface area contributed by atoms with Crippen LogP contribution in [0.3, 0.4) is 0 Å². The number of nitrogens with zero attached hydrogens (tertiary/aromatic N) is 6. The van der Waals surface area contributed by atoms with E-state index in [9.17, 15) is 14.0 Å². The van der Waals surface area contributed by atoms with Crippen LogP contribution >= 0.6 is 58.4 Å². The van der Waals surface area contributed by atoms with Gasteiger partial charge in [-0.3, -0.25) is 18.7 Å². The number of pyridine rings is 2. The Morgan fingerprint density at radius 1 is 0.704 bits per heavy atom. The summed E-state index contributed by atoms with van der Waals surface area (Å²) in [6.07, 6.45) is 3.10. The molecule has 0 fully saturated rings. The predicted octanol–water partition coefficient (Wildman–Crippen LogP) is 9.32. The molecule has 4 heterocycles. The monoisotopic (exact) mass is 829 g/mol. The first-order chi connectivity index (χ1) is 25.9. The van der Waals surface area contributed by atoms with Crippen molar-refractivity contribution in [3.63, 3.8) is 0 Å². The van der Waals surface area contributed by atoms with Gasteiger partial charge in [-0.2, -0.15) is 9.32 Å². The van der Waals surface area contributed by atoms with Gasteiger partial charge >= 0.3 is 0 Å². The Balaban J connectivity index is 0.000000186. The fourth-order valence-corrected chi connectivity index (χ4v) is 6.07. The smallest absolute Gasteiger partial charge is 0.294 e. The van der Waals surface area contributed by atoms with Crippen LogP contribution in [-0.4, -0.2) is 36.2 Å². The summed E-state index contributed by atoms with van der Waals surface area (Å²) < 4.78 is 31.8. The SMILES string of the molecule is COOSc1ncc2cc(Oc3c(Cl)cccc3Cl)c(=O)n(C)c2n1.Cn1c(=O)c(Oc2c(Cl)cccc2Cl)cc2cnc(Nc3ccc(F)cc3)nc21. The first-order valence-corrected chi connectivity index (χ1v) is 17.6. The van der Waals surface area contributed by atoms with Gasteiger partial charge in [0.15, 0.2) is 23.0 Å². The molecule has 0 saturated carbocycles. The standard InChI is InChI=1S/C20H13Cl2FN4O2.C15H11Cl2N3O4S/c1-27-18-11(10-24-20(26-18)25-13-7-5-12(23)6-8-13)9-16(19(27)28)29-17-14(21)3-2-4-15(17)22;1-20-13-8(7-18-15(19-13)25-24-22-2)6-11(14(20)21)23-12-9(16)4-3-5-10(12)17/h2-10H,1H3,(H,24,25,26);3-7H,1-2H3.